The summed E-state index contributed by atoms with van der Waals surface area (Å²) in [5.41, 5.74) is -6.68. The summed E-state index contributed by atoms with van der Waals surface area (Å²) >= 11 is 0. The number of ether oxygens (including phenoxy) is 1. The first kappa shape index (κ1) is 39.7. The second kappa shape index (κ2) is 10.9. The number of hydrogen-bond donors (Lipinski definition) is 0. The quantitative estimate of drug-likeness (QED) is 0.274. The molecule has 0 saturated carbocycles. The summed E-state index contributed by atoms with van der Waals surface area (Å²) in [5, 5.41) is -25.7. The lowest BCUT2D eigenvalue weighted by Crippen LogP contribution is -2.64. The van der Waals surface area contributed by atoms with E-state index in [2.05, 4.69) is 11.9 Å². The van der Waals surface area contributed by atoms with E-state index < -0.39 is 85.9 Å². The lowest BCUT2D eigenvalue weighted by molar-refractivity contribution is -0.244. The lowest BCUT2D eigenvalue weighted by Gasteiger charge is -2.42. The Labute approximate surface area is 232 Å². The maximum Gasteiger partial charge on any atom is 0.470 e. The van der Waals surface area contributed by atoms with E-state index in [0.717, 1.165) is 30.4 Å². The van der Waals surface area contributed by atoms with E-state index in [0.29, 0.717) is 0 Å². The maximum absolute atomic E-state index is 12.8. The van der Waals surface area contributed by atoms with Gasteiger partial charge in [-0.3, -0.25) is 25.3 Å². The van der Waals surface area contributed by atoms with Gasteiger partial charge in [0.15, 0.2) is 29.9 Å². The Kier molecular flexibility index (Phi) is 10.1. The third kappa shape index (κ3) is 5.79. The molecule has 0 atom stereocenters. The zero-order valence-corrected chi connectivity index (χ0v) is 23.8. The molecule has 3 rings (SSSR count). The van der Waals surface area contributed by atoms with Gasteiger partial charge in [-0.05, 0) is 7.05 Å². The highest BCUT2D eigenvalue weighted by molar-refractivity contribution is 8.31. The summed E-state index contributed by atoms with van der Waals surface area (Å²) in [6.07, 6.45) is 0. The first-order valence-electron chi connectivity index (χ1n) is 9.53. The Balaban J connectivity index is 0.000000356. The van der Waals surface area contributed by atoms with Crippen LogP contribution in [0.15, 0.2) is 0 Å². The van der Waals surface area contributed by atoms with Crippen LogP contribution in [0.1, 0.15) is 0 Å². The molecule has 0 N–H and O–H groups in total. The van der Waals surface area contributed by atoms with Crippen molar-refractivity contribution in [3.8, 4) is 0 Å². The van der Waals surface area contributed by atoms with E-state index in [1.54, 1.807) is 0 Å². The molecule has 0 aromatic carbocycles. The second-order valence-electron chi connectivity index (χ2n) is 7.79. The first-order valence-corrected chi connectivity index (χ1v) is 16.9. The zero-order chi connectivity index (χ0) is 34.9. The smallest absolute Gasteiger partial charge is 0.425 e. The van der Waals surface area contributed by atoms with E-state index in [-0.39, 0.29) is 0 Å². The zero-order valence-electron chi connectivity index (χ0n) is 19.7. The number of likely N-dealkylation sites (N-methyl/N-ethyl adjacent to an activating group) is 1. The molecule has 0 aromatic rings. The van der Waals surface area contributed by atoms with Gasteiger partial charge in [-0.1, -0.05) is 0 Å². The SMILES string of the molecule is CN1CCOCC1.O=S(=O)([C-]1S(=O)(=O)C(F)(F)C(F)(F)S1(=O)=O)C(F)(F)F.O=S1(=O)[N-]S(=O)(=O)C(F)(F)C(F)(F)C1(F)F. The average molecular weight is 767 g/mol. The fraction of sp³-hybridized carbons (Fsp3) is 0.917. The molecule has 0 spiro atoms. The molecule has 0 unspecified atom stereocenters. The first-order chi connectivity index (χ1) is 18.5. The highest BCUT2D eigenvalue weighted by atomic mass is 32.3. The van der Waals surface area contributed by atoms with Gasteiger partial charge in [0.2, 0.25) is 0 Å². The van der Waals surface area contributed by atoms with Gasteiger partial charge < -0.3 is 13.8 Å². The van der Waals surface area contributed by atoms with Crippen LogP contribution in [0.5, 0.6) is 0 Å². The number of hydrogen-bond acceptors (Lipinski definition) is 12. The number of halogens is 13. The number of nitrogens with zero attached hydrogens (tertiary/aromatic N) is 2. The van der Waals surface area contributed by atoms with Crippen LogP contribution < -0.4 is 0 Å². The molecule has 258 valence electrons. The van der Waals surface area contributed by atoms with Crippen LogP contribution in [0, 0.1) is 3.91 Å². The summed E-state index contributed by atoms with van der Waals surface area (Å²) in [5.74, 6) is -6.60. The molecule has 0 radical (unpaired) electrons. The minimum Gasteiger partial charge on any atom is -0.425 e. The number of alkyl halides is 13. The molecule has 3 heterocycles. The molecule has 3 aliphatic rings. The van der Waals surface area contributed by atoms with Gasteiger partial charge in [-0.2, -0.15) is 57.1 Å². The van der Waals surface area contributed by atoms with Crippen molar-refractivity contribution in [2.24, 2.45) is 0 Å². The highest BCUT2D eigenvalue weighted by Crippen LogP contribution is 2.60. The molecule has 13 nitrogen and oxygen atoms in total. The molecule has 31 heteroatoms. The second-order valence-corrected chi connectivity index (χ2v) is 17.8. The van der Waals surface area contributed by atoms with Crippen molar-refractivity contribution in [1.82, 2.24) is 4.90 Å². The maximum atomic E-state index is 12.8. The van der Waals surface area contributed by atoms with E-state index in [1.165, 1.54) is 0 Å². The average Bonchev–Trinajstić information content (AvgIpc) is 2.84. The van der Waals surface area contributed by atoms with Gasteiger partial charge in [0, 0.05) is 13.1 Å². The normalized spacial score (nSPS) is 29.6. The van der Waals surface area contributed by atoms with Crippen LogP contribution in [0.3, 0.4) is 0 Å². The third-order valence-corrected chi connectivity index (χ3v) is 16.0. The highest BCUT2D eigenvalue weighted by Gasteiger charge is 2.82. The van der Waals surface area contributed by atoms with Crippen LogP contribution in [0.25, 0.3) is 4.13 Å². The summed E-state index contributed by atoms with van der Waals surface area (Å²) in [4.78, 5) is 2.27. The van der Waals surface area contributed by atoms with Crippen molar-refractivity contribution < 1.29 is 104 Å². The lowest BCUT2D eigenvalue weighted by atomic mass is 10.3. The molecular weight excluding hydrogens is 755 g/mol. The molecule has 0 amide bonds. The Morgan fingerprint density at radius 3 is 1.21 bits per heavy atom. The molecule has 43 heavy (non-hydrogen) atoms. The van der Waals surface area contributed by atoms with Crippen LogP contribution in [0.4, 0.5) is 57.1 Å². The topological polar surface area (TPSA) is 197 Å². The van der Waals surface area contributed by atoms with Crippen LogP contribution in [0.2, 0.25) is 0 Å². The summed E-state index contributed by atoms with van der Waals surface area (Å²) < 4.78 is 270. The van der Waals surface area contributed by atoms with Crippen molar-refractivity contribution in [2.75, 3.05) is 33.4 Å². The van der Waals surface area contributed by atoms with Gasteiger partial charge in [-0.25, -0.2) is 16.8 Å². The summed E-state index contributed by atoms with van der Waals surface area (Å²) in [7, 11) is -33.1. The number of rotatable bonds is 1. The molecule has 0 bridgehead atoms. The van der Waals surface area contributed by atoms with Crippen LogP contribution >= 0.6 is 0 Å². The monoisotopic (exact) mass is 766 g/mol. The predicted molar refractivity (Wildman–Crippen MR) is 110 cm³/mol. The third-order valence-electron chi connectivity index (χ3n) is 4.79. The van der Waals surface area contributed by atoms with E-state index in [1.807, 2.05) is 0 Å². The Hall–Kier alpha value is -1.28. The summed E-state index contributed by atoms with van der Waals surface area (Å²) in [6, 6.07) is 0. The molecule has 0 aliphatic carbocycles. The van der Waals surface area contributed by atoms with E-state index in [9.17, 15) is 99.2 Å². The van der Waals surface area contributed by atoms with E-state index >= 15 is 0 Å². The summed E-state index contributed by atoms with van der Waals surface area (Å²) in [6.45, 7) is 4.02. The predicted octanol–water partition coefficient (Wildman–Crippen LogP) is 1.20. The Bertz CT molecular complexity index is 1540. The van der Waals surface area contributed by atoms with Gasteiger partial charge in [0.05, 0.1) is 17.1 Å². The number of sulfonamides is 2. The van der Waals surface area contributed by atoms with Gasteiger partial charge in [0.25, 0.3) is 0 Å². The van der Waals surface area contributed by atoms with Gasteiger partial charge >= 0.3 is 32.4 Å². The van der Waals surface area contributed by atoms with Crippen molar-refractivity contribution in [3.63, 3.8) is 0 Å². The van der Waals surface area contributed by atoms with E-state index in [4.69, 9.17) is 4.74 Å². The molecule has 3 fully saturated rings. The molecule has 0 aromatic heterocycles. The fourth-order valence-electron chi connectivity index (χ4n) is 2.42. The van der Waals surface area contributed by atoms with Gasteiger partial charge in [0.1, 0.15) is 19.7 Å². The van der Waals surface area contributed by atoms with Crippen molar-refractivity contribution >= 4 is 49.6 Å². The molecule has 3 saturated heterocycles. The minimum atomic E-state index is -7.45. The minimum absolute atomic E-state index is 0.913. The van der Waals surface area contributed by atoms with Crippen molar-refractivity contribution in [3.05, 3.63) is 8.04 Å². The molecular formula is C12H11F13N2O11S5-2. The molecule has 3 aliphatic heterocycles. The number of morpholine rings is 1. The Morgan fingerprint density at radius 2 is 0.977 bits per heavy atom. The van der Waals surface area contributed by atoms with Gasteiger partial charge in [-0.15, -0.1) is 0 Å². The number of sulfone groups is 3. The fourth-order valence-corrected chi connectivity index (χ4v) is 12.4. The van der Waals surface area contributed by atoms with Crippen molar-refractivity contribution in [1.29, 1.82) is 0 Å². The standard InChI is InChI=1S/C5H11NO.C4F7O6S3.C3F6NO4S2/c1-6-2-4-7-5-3-6;5-2(6)3(7,8)19(14,15)1(18(2,12)13)20(16,17)4(9,10)11;4-1(5)2(6,7)15(11,12)10-16(13,14)3(1,8)9/h2-5H2,1H3;;/q;2*-1. The Morgan fingerprint density at radius 1 is 0.674 bits per heavy atom. The van der Waals surface area contributed by atoms with Crippen molar-refractivity contribution in [2.45, 2.75) is 32.4 Å². The van der Waals surface area contributed by atoms with Crippen LogP contribution in [-0.4, -0.2) is 113 Å². The largest absolute Gasteiger partial charge is 0.470 e. The van der Waals surface area contributed by atoms with Crippen LogP contribution in [-0.2, 0) is 54.3 Å².